The molecule has 4 rings (SSSR count). The van der Waals surface area contributed by atoms with Crippen molar-refractivity contribution < 1.29 is 9.90 Å². The molecule has 2 aliphatic carbocycles. The fourth-order valence-electron chi connectivity index (χ4n) is 3.47. The van der Waals surface area contributed by atoms with Crippen molar-refractivity contribution in [1.29, 1.82) is 0 Å². The van der Waals surface area contributed by atoms with Gasteiger partial charge in [-0.25, -0.2) is 9.78 Å². The third kappa shape index (κ3) is 4.15. The molecule has 7 heteroatoms. The van der Waals surface area contributed by atoms with Crippen molar-refractivity contribution in [3.05, 3.63) is 29.4 Å². The predicted octanol–water partition coefficient (Wildman–Crippen LogP) is 4.94. The number of thioether (sulfide) groups is 1. The molecule has 1 aromatic heterocycles. The van der Waals surface area contributed by atoms with Gasteiger partial charge in [-0.3, -0.25) is 0 Å². The maximum Gasteiger partial charge on any atom is 0.404 e. The molecule has 2 aromatic rings. The van der Waals surface area contributed by atoms with E-state index in [2.05, 4.69) is 17.4 Å². The third-order valence-electron chi connectivity index (χ3n) is 5.02. The number of thiazole rings is 1. The molecule has 5 nitrogen and oxygen atoms in total. The summed E-state index contributed by atoms with van der Waals surface area (Å²) >= 11 is 3.70. The Hall–Kier alpha value is -1.73. The molecular formula is C19H23N3O2S2. The summed E-state index contributed by atoms with van der Waals surface area (Å²) in [6.07, 6.45) is 7.40. The number of hydrogen-bond donors (Lipinski definition) is 3. The first-order valence-corrected chi connectivity index (χ1v) is 10.8. The number of nitrogens with two attached hydrogens (primary N) is 1. The molecule has 2 fully saturated rings. The van der Waals surface area contributed by atoms with Crippen LogP contribution in [0.3, 0.4) is 0 Å². The van der Waals surface area contributed by atoms with E-state index in [1.54, 1.807) is 11.3 Å². The van der Waals surface area contributed by atoms with E-state index in [9.17, 15) is 4.79 Å². The molecule has 0 radical (unpaired) electrons. The minimum Gasteiger partial charge on any atom is -0.465 e. The maximum absolute atomic E-state index is 10.8. The van der Waals surface area contributed by atoms with E-state index in [1.165, 1.54) is 33.2 Å². The number of amides is 1. The number of nitrogens with one attached hydrogen (secondary N) is 1. The van der Waals surface area contributed by atoms with Gasteiger partial charge in [-0.2, -0.15) is 0 Å². The Morgan fingerprint density at radius 1 is 1.23 bits per heavy atom. The summed E-state index contributed by atoms with van der Waals surface area (Å²) < 4.78 is 0. The van der Waals surface area contributed by atoms with Crippen LogP contribution in [0.1, 0.15) is 49.5 Å². The highest BCUT2D eigenvalue weighted by molar-refractivity contribution is 8.00. The van der Waals surface area contributed by atoms with Crippen LogP contribution in [0.15, 0.2) is 29.3 Å². The number of carbonyl (C=O) groups is 1. The van der Waals surface area contributed by atoms with E-state index in [0.29, 0.717) is 5.92 Å². The molecule has 0 saturated heterocycles. The third-order valence-corrected chi connectivity index (χ3v) is 7.61. The first-order valence-electron chi connectivity index (χ1n) is 9.10. The largest absolute Gasteiger partial charge is 0.465 e. The van der Waals surface area contributed by atoms with Crippen molar-refractivity contribution in [3.8, 4) is 10.4 Å². The molecule has 2 saturated carbocycles. The van der Waals surface area contributed by atoms with Gasteiger partial charge < -0.3 is 16.2 Å². The maximum atomic E-state index is 10.8. The molecule has 4 N–H and O–H groups in total. The Balaban J connectivity index is 1.48. The molecule has 0 atom stereocenters. The molecule has 26 heavy (non-hydrogen) atoms. The number of nitrogens with zero attached hydrogens (tertiary/aromatic N) is 1. The Morgan fingerprint density at radius 3 is 2.69 bits per heavy atom. The summed E-state index contributed by atoms with van der Waals surface area (Å²) in [7, 11) is 0. The van der Waals surface area contributed by atoms with E-state index in [1.807, 2.05) is 24.0 Å². The molecular weight excluding hydrogens is 366 g/mol. The highest BCUT2D eigenvalue weighted by atomic mass is 32.2. The molecule has 2 aliphatic rings. The smallest absolute Gasteiger partial charge is 0.404 e. The second kappa shape index (κ2) is 7.48. The SMILES string of the molecule is Nc1ccc(-c2cnc(C3CCC(NC(=O)O)CC3)s2)c(SC2CC2)c1. The first kappa shape index (κ1) is 17.7. The zero-order valence-electron chi connectivity index (χ0n) is 14.5. The Morgan fingerprint density at radius 2 is 2.00 bits per heavy atom. The summed E-state index contributed by atoms with van der Waals surface area (Å²) in [5, 5.41) is 13.4. The lowest BCUT2D eigenvalue weighted by Gasteiger charge is -2.27. The van der Waals surface area contributed by atoms with Gasteiger partial charge in [-0.05, 0) is 50.7 Å². The van der Waals surface area contributed by atoms with Crippen LogP contribution in [0.4, 0.5) is 10.5 Å². The van der Waals surface area contributed by atoms with Gasteiger partial charge in [0.1, 0.15) is 0 Å². The van der Waals surface area contributed by atoms with Crippen LogP contribution in [0.2, 0.25) is 0 Å². The van der Waals surface area contributed by atoms with Crippen LogP contribution in [0, 0.1) is 0 Å². The number of aromatic nitrogens is 1. The number of rotatable bonds is 5. The normalized spacial score (nSPS) is 22.9. The standard InChI is InChI=1S/C19H23N3O2S2/c20-12-3-8-15(16(9-12)25-14-6-7-14)17-10-21-18(26-17)11-1-4-13(5-2-11)22-19(23)24/h3,8-11,13-14,22H,1-2,4-7,20H2,(H,23,24). The van der Waals surface area contributed by atoms with Crippen LogP contribution in [-0.2, 0) is 0 Å². The van der Waals surface area contributed by atoms with Gasteiger partial charge in [0, 0.05) is 39.6 Å². The van der Waals surface area contributed by atoms with Gasteiger partial charge in [0.2, 0.25) is 0 Å². The van der Waals surface area contributed by atoms with Crippen LogP contribution in [0.25, 0.3) is 10.4 Å². The van der Waals surface area contributed by atoms with Crippen molar-refractivity contribution in [1.82, 2.24) is 10.3 Å². The minimum atomic E-state index is -0.922. The van der Waals surface area contributed by atoms with Gasteiger partial charge in [-0.15, -0.1) is 23.1 Å². The summed E-state index contributed by atoms with van der Waals surface area (Å²) in [5.74, 6) is 0.439. The molecule has 0 aliphatic heterocycles. The van der Waals surface area contributed by atoms with Crippen LogP contribution in [-0.4, -0.2) is 27.5 Å². The lowest BCUT2D eigenvalue weighted by molar-refractivity contribution is 0.185. The van der Waals surface area contributed by atoms with Gasteiger partial charge >= 0.3 is 6.09 Å². The highest BCUT2D eigenvalue weighted by Crippen LogP contribution is 2.45. The monoisotopic (exact) mass is 389 g/mol. The average Bonchev–Trinajstić information content (AvgIpc) is 3.29. The van der Waals surface area contributed by atoms with Crippen LogP contribution in [0.5, 0.6) is 0 Å². The second-order valence-electron chi connectivity index (χ2n) is 7.13. The molecule has 1 amide bonds. The van der Waals surface area contributed by atoms with E-state index in [-0.39, 0.29) is 6.04 Å². The quantitative estimate of drug-likeness (QED) is 0.630. The summed E-state index contributed by atoms with van der Waals surface area (Å²) in [6, 6.07) is 6.25. The van der Waals surface area contributed by atoms with Crippen molar-refractivity contribution in [2.24, 2.45) is 0 Å². The Kier molecular flexibility index (Phi) is 5.09. The number of anilines is 1. The van der Waals surface area contributed by atoms with Crippen molar-refractivity contribution >= 4 is 34.9 Å². The van der Waals surface area contributed by atoms with E-state index in [0.717, 1.165) is 36.6 Å². The zero-order valence-corrected chi connectivity index (χ0v) is 16.1. The number of benzene rings is 1. The lowest BCUT2D eigenvalue weighted by atomic mass is 9.86. The summed E-state index contributed by atoms with van der Waals surface area (Å²) in [5.41, 5.74) is 8.05. The Labute approximate surface area is 161 Å². The van der Waals surface area contributed by atoms with E-state index in [4.69, 9.17) is 15.8 Å². The van der Waals surface area contributed by atoms with Gasteiger partial charge in [-0.1, -0.05) is 6.07 Å². The molecule has 0 spiro atoms. The first-order chi connectivity index (χ1) is 12.6. The lowest BCUT2D eigenvalue weighted by Crippen LogP contribution is -2.36. The topological polar surface area (TPSA) is 88.2 Å². The highest BCUT2D eigenvalue weighted by Gasteiger charge is 2.27. The summed E-state index contributed by atoms with van der Waals surface area (Å²) in [4.78, 5) is 17.9. The van der Waals surface area contributed by atoms with E-state index < -0.39 is 6.09 Å². The zero-order chi connectivity index (χ0) is 18.1. The van der Waals surface area contributed by atoms with Gasteiger partial charge in [0.25, 0.3) is 0 Å². The fraction of sp³-hybridized carbons (Fsp3) is 0.474. The van der Waals surface area contributed by atoms with Crippen molar-refractivity contribution in [2.45, 2.75) is 60.6 Å². The fourth-order valence-corrected chi connectivity index (χ4v) is 5.90. The molecule has 1 heterocycles. The summed E-state index contributed by atoms with van der Waals surface area (Å²) in [6.45, 7) is 0. The van der Waals surface area contributed by atoms with E-state index >= 15 is 0 Å². The number of hydrogen-bond acceptors (Lipinski definition) is 5. The number of nitrogen functional groups attached to an aromatic ring is 1. The van der Waals surface area contributed by atoms with Gasteiger partial charge in [0.15, 0.2) is 0 Å². The molecule has 138 valence electrons. The minimum absolute atomic E-state index is 0.0850. The second-order valence-corrected chi connectivity index (χ2v) is 9.54. The van der Waals surface area contributed by atoms with Crippen LogP contribution < -0.4 is 11.1 Å². The predicted molar refractivity (Wildman–Crippen MR) is 107 cm³/mol. The molecule has 0 bridgehead atoms. The van der Waals surface area contributed by atoms with Crippen molar-refractivity contribution in [3.63, 3.8) is 0 Å². The van der Waals surface area contributed by atoms with Crippen LogP contribution >= 0.6 is 23.1 Å². The molecule has 0 unspecified atom stereocenters. The number of carboxylic acid groups (broad SMARTS) is 1. The average molecular weight is 390 g/mol. The van der Waals surface area contributed by atoms with Crippen molar-refractivity contribution in [2.75, 3.05) is 5.73 Å². The molecule has 1 aromatic carbocycles. The van der Waals surface area contributed by atoms with Gasteiger partial charge in [0.05, 0.1) is 9.88 Å². The Bertz CT molecular complexity index is 796.